The Morgan fingerprint density at radius 1 is 1.65 bits per heavy atom. The molecule has 4 heteroatoms. The topological polar surface area (TPSA) is 52.0 Å². The van der Waals surface area contributed by atoms with Crippen LogP contribution in [0, 0.1) is 11.3 Å². The Morgan fingerprint density at radius 2 is 2.53 bits per heavy atom. The fourth-order valence-corrected chi connectivity index (χ4v) is 2.26. The van der Waals surface area contributed by atoms with Gasteiger partial charge in [0.05, 0.1) is 12.5 Å². The van der Waals surface area contributed by atoms with Crippen LogP contribution in [-0.4, -0.2) is 35.1 Å². The predicted molar refractivity (Wildman–Crippen MR) is 66.1 cm³/mol. The molecule has 1 saturated heterocycles. The molecule has 2 heterocycles. The van der Waals surface area contributed by atoms with E-state index in [-0.39, 0.29) is 0 Å². The maximum Gasteiger partial charge on any atom is 0.0638 e. The monoisotopic (exact) mass is 230 g/mol. The summed E-state index contributed by atoms with van der Waals surface area (Å²) in [6, 6.07) is 7.12. The van der Waals surface area contributed by atoms with Gasteiger partial charge in [-0.1, -0.05) is 6.07 Å². The van der Waals surface area contributed by atoms with Crippen molar-refractivity contribution in [3.63, 3.8) is 0 Å². The second kappa shape index (κ2) is 5.76. The molecule has 2 atom stereocenters. The first-order valence-electron chi connectivity index (χ1n) is 6.03. The summed E-state index contributed by atoms with van der Waals surface area (Å²) in [5.74, 6) is 0. The summed E-state index contributed by atoms with van der Waals surface area (Å²) in [6.45, 7) is 4.95. The fraction of sp³-hybridized carbons (Fsp3) is 0.538. The Morgan fingerprint density at radius 3 is 3.24 bits per heavy atom. The van der Waals surface area contributed by atoms with E-state index in [0.29, 0.717) is 18.5 Å². The Kier molecular flexibility index (Phi) is 4.08. The van der Waals surface area contributed by atoms with Crippen molar-refractivity contribution in [2.45, 2.75) is 32.0 Å². The lowest BCUT2D eigenvalue weighted by Crippen LogP contribution is -2.54. The van der Waals surface area contributed by atoms with E-state index >= 15 is 0 Å². The number of nitriles is 1. The van der Waals surface area contributed by atoms with Crippen molar-refractivity contribution in [2.75, 3.05) is 13.1 Å². The van der Waals surface area contributed by atoms with Crippen LogP contribution in [-0.2, 0) is 6.54 Å². The number of hydrogen-bond donors (Lipinski definition) is 1. The van der Waals surface area contributed by atoms with Crippen LogP contribution in [0.3, 0.4) is 0 Å². The lowest BCUT2D eigenvalue weighted by Gasteiger charge is -2.38. The molecule has 0 amide bonds. The number of aromatic nitrogens is 1. The molecule has 1 fully saturated rings. The molecule has 1 aromatic rings. The number of hydrogen-bond acceptors (Lipinski definition) is 4. The van der Waals surface area contributed by atoms with Gasteiger partial charge in [0.2, 0.25) is 0 Å². The Hall–Kier alpha value is -1.44. The molecule has 1 N–H and O–H groups in total. The molecule has 0 radical (unpaired) electrons. The highest BCUT2D eigenvalue weighted by Gasteiger charge is 2.25. The predicted octanol–water partition coefficient (Wildman–Crippen LogP) is 1.16. The average Bonchev–Trinajstić information content (AvgIpc) is 2.34. The van der Waals surface area contributed by atoms with E-state index in [4.69, 9.17) is 5.26 Å². The molecule has 1 aliphatic rings. The van der Waals surface area contributed by atoms with Crippen LogP contribution < -0.4 is 5.32 Å². The highest BCUT2D eigenvalue weighted by molar-refractivity contribution is 5.09. The van der Waals surface area contributed by atoms with Crippen LogP contribution in [0.15, 0.2) is 24.5 Å². The first-order valence-corrected chi connectivity index (χ1v) is 6.03. The van der Waals surface area contributed by atoms with Crippen LogP contribution in [0.25, 0.3) is 0 Å². The molecule has 90 valence electrons. The smallest absolute Gasteiger partial charge is 0.0638 e. The van der Waals surface area contributed by atoms with Crippen molar-refractivity contribution in [1.82, 2.24) is 15.2 Å². The number of nitrogens with zero attached hydrogens (tertiary/aromatic N) is 3. The summed E-state index contributed by atoms with van der Waals surface area (Å²) in [7, 11) is 0. The van der Waals surface area contributed by atoms with E-state index in [1.54, 1.807) is 6.20 Å². The van der Waals surface area contributed by atoms with Gasteiger partial charge in [-0.3, -0.25) is 9.88 Å². The molecule has 4 nitrogen and oxygen atoms in total. The van der Waals surface area contributed by atoms with E-state index in [0.717, 1.165) is 19.6 Å². The summed E-state index contributed by atoms with van der Waals surface area (Å²) in [5, 5.41) is 12.3. The SMILES string of the molecule is CC1CN(Cc2cccnc2)C(CC#N)CN1. The van der Waals surface area contributed by atoms with E-state index in [1.807, 2.05) is 12.3 Å². The van der Waals surface area contributed by atoms with Gasteiger partial charge in [-0.25, -0.2) is 0 Å². The third-order valence-electron chi connectivity index (χ3n) is 3.16. The van der Waals surface area contributed by atoms with Crippen LogP contribution in [0.2, 0.25) is 0 Å². The molecule has 17 heavy (non-hydrogen) atoms. The largest absolute Gasteiger partial charge is 0.311 e. The third-order valence-corrected chi connectivity index (χ3v) is 3.16. The molecular weight excluding hydrogens is 212 g/mol. The van der Waals surface area contributed by atoms with Gasteiger partial charge in [0, 0.05) is 44.1 Å². The van der Waals surface area contributed by atoms with E-state index in [9.17, 15) is 0 Å². The Bertz CT molecular complexity index is 384. The maximum absolute atomic E-state index is 8.85. The zero-order valence-electron chi connectivity index (χ0n) is 10.1. The van der Waals surface area contributed by atoms with Crippen LogP contribution in [0.5, 0.6) is 0 Å². The van der Waals surface area contributed by atoms with Crippen LogP contribution in [0.1, 0.15) is 18.9 Å². The van der Waals surface area contributed by atoms with Gasteiger partial charge in [-0.2, -0.15) is 5.26 Å². The fourth-order valence-electron chi connectivity index (χ4n) is 2.26. The van der Waals surface area contributed by atoms with Gasteiger partial charge in [0.15, 0.2) is 0 Å². The van der Waals surface area contributed by atoms with Crippen molar-refractivity contribution >= 4 is 0 Å². The number of nitrogens with one attached hydrogen (secondary N) is 1. The highest BCUT2D eigenvalue weighted by atomic mass is 15.2. The van der Waals surface area contributed by atoms with Crippen LogP contribution >= 0.6 is 0 Å². The normalized spacial score (nSPS) is 25.4. The molecule has 0 aliphatic carbocycles. The molecule has 0 aromatic carbocycles. The second-order valence-electron chi connectivity index (χ2n) is 4.62. The van der Waals surface area contributed by atoms with Gasteiger partial charge in [0.1, 0.15) is 0 Å². The number of pyridine rings is 1. The van der Waals surface area contributed by atoms with Gasteiger partial charge in [-0.15, -0.1) is 0 Å². The van der Waals surface area contributed by atoms with Gasteiger partial charge in [-0.05, 0) is 18.6 Å². The molecule has 0 bridgehead atoms. The van der Waals surface area contributed by atoms with E-state index in [1.165, 1.54) is 5.56 Å². The molecule has 2 rings (SSSR count). The lowest BCUT2D eigenvalue weighted by atomic mass is 10.1. The quantitative estimate of drug-likeness (QED) is 0.846. The molecular formula is C13H18N4. The van der Waals surface area contributed by atoms with Gasteiger partial charge in [0.25, 0.3) is 0 Å². The highest BCUT2D eigenvalue weighted by Crippen LogP contribution is 2.14. The van der Waals surface area contributed by atoms with Crippen molar-refractivity contribution in [2.24, 2.45) is 0 Å². The average molecular weight is 230 g/mol. The molecule has 0 saturated carbocycles. The van der Waals surface area contributed by atoms with Crippen molar-refractivity contribution in [3.05, 3.63) is 30.1 Å². The molecule has 1 aromatic heterocycles. The van der Waals surface area contributed by atoms with Gasteiger partial charge >= 0.3 is 0 Å². The van der Waals surface area contributed by atoms with E-state index < -0.39 is 0 Å². The first-order chi connectivity index (χ1) is 8.29. The van der Waals surface area contributed by atoms with Crippen molar-refractivity contribution in [3.8, 4) is 6.07 Å². The summed E-state index contributed by atoms with van der Waals surface area (Å²) in [4.78, 5) is 6.51. The summed E-state index contributed by atoms with van der Waals surface area (Å²) in [5.41, 5.74) is 1.21. The van der Waals surface area contributed by atoms with Crippen molar-refractivity contribution < 1.29 is 0 Å². The summed E-state index contributed by atoms with van der Waals surface area (Å²) in [6.07, 6.45) is 4.27. The van der Waals surface area contributed by atoms with E-state index in [2.05, 4.69) is 34.3 Å². The Labute approximate surface area is 102 Å². The second-order valence-corrected chi connectivity index (χ2v) is 4.62. The molecule has 0 spiro atoms. The molecule has 1 aliphatic heterocycles. The van der Waals surface area contributed by atoms with Gasteiger partial charge < -0.3 is 5.32 Å². The Balaban J connectivity index is 2.03. The number of piperazine rings is 1. The van der Waals surface area contributed by atoms with Crippen LogP contribution in [0.4, 0.5) is 0 Å². The third kappa shape index (κ3) is 3.26. The minimum atomic E-state index is 0.316. The standard InChI is InChI=1S/C13H18N4/c1-11-9-17(13(4-5-14)8-16-11)10-12-3-2-6-15-7-12/h2-3,6-7,11,13,16H,4,8-10H2,1H3. The minimum absolute atomic E-state index is 0.316. The zero-order chi connectivity index (χ0) is 12.1. The lowest BCUT2D eigenvalue weighted by molar-refractivity contribution is 0.129. The minimum Gasteiger partial charge on any atom is -0.311 e. The number of rotatable bonds is 3. The first kappa shape index (κ1) is 12.0. The molecule has 2 unspecified atom stereocenters. The van der Waals surface area contributed by atoms with Crippen molar-refractivity contribution in [1.29, 1.82) is 5.26 Å². The maximum atomic E-state index is 8.85. The summed E-state index contributed by atoms with van der Waals surface area (Å²) < 4.78 is 0. The summed E-state index contributed by atoms with van der Waals surface area (Å²) >= 11 is 0. The zero-order valence-corrected chi connectivity index (χ0v) is 10.1.